The zero-order chi connectivity index (χ0) is 8.55. The summed E-state index contributed by atoms with van der Waals surface area (Å²) in [7, 11) is 0. The van der Waals surface area contributed by atoms with Crippen LogP contribution < -0.4 is 0 Å². The molecule has 0 bridgehead atoms. The van der Waals surface area contributed by atoms with Crippen LogP contribution >= 0.6 is 38.5 Å². The van der Waals surface area contributed by atoms with Gasteiger partial charge in [0.1, 0.15) is 0 Å². The number of halogens is 2. The summed E-state index contributed by atoms with van der Waals surface area (Å²) in [6.45, 7) is 0. The SMILES string of the molecule is Brc1cc(I)cc2ccccc12. The van der Waals surface area contributed by atoms with Gasteiger partial charge in [-0.3, -0.25) is 0 Å². The van der Waals surface area contributed by atoms with Crippen LogP contribution in [0.15, 0.2) is 40.9 Å². The summed E-state index contributed by atoms with van der Waals surface area (Å²) in [5, 5.41) is 2.56. The predicted octanol–water partition coefficient (Wildman–Crippen LogP) is 4.21. The molecular weight excluding hydrogens is 327 g/mol. The summed E-state index contributed by atoms with van der Waals surface area (Å²) in [6, 6.07) is 12.7. The zero-order valence-electron chi connectivity index (χ0n) is 6.22. The highest BCUT2D eigenvalue weighted by Gasteiger charge is 1.98. The normalized spacial score (nSPS) is 10.5. The summed E-state index contributed by atoms with van der Waals surface area (Å²) in [5.41, 5.74) is 0. The summed E-state index contributed by atoms with van der Waals surface area (Å²) >= 11 is 5.87. The average Bonchev–Trinajstić information content (AvgIpc) is 2.04. The Labute approximate surface area is 93.2 Å². The molecule has 0 aliphatic rings. The summed E-state index contributed by atoms with van der Waals surface area (Å²) in [6.07, 6.45) is 0. The van der Waals surface area contributed by atoms with E-state index in [-0.39, 0.29) is 0 Å². The lowest BCUT2D eigenvalue weighted by molar-refractivity contribution is 1.66. The lowest BCUT2D eigenvalue weighted by atomic mass is 10.1. The highest BCUT2D eigenvalue weighted by Crippen LogP contribution is 2.26. The van der Waals surface area contributed by atoms with Crippen LogP contribution in [-0.2, 0) is 0 Å². The minimum Gasteiger partial charge on any atom is -0.0616 e. The monoisotopic (exact) mass is 332 g/mol. The van der Waals surface area contributed by atoms with Crippen LogP contribution in [0, 0.1) is 3.57 Å². The fourth-order valence-corrected chi connectivity index (χ4v) is 2.91. The number of rotatable bonds is 0. The van der Waals surface area contributed by atoms with Crippen LogP contribution in [0.25, 0.3) is 10.8 Å². The molecule has 0 saturated heterocycles. The van der Waals surface area contributed by atoms with E-state index in [0.29, 0.717) is 0 Å². The van der Waals surface area contributed by atoms with Gasteiger partial charge in [0.25, 0.3) is 0 Å². The Morgan fingerprint density at radius 2 is 1.83 bits per heavy atom. The van der Waals surface area contributed by atoms with Crippen LogP contribution in [-0.4, -0.2) is 0 Å². The Morgan fingerprint density at radius 1 is 1.08 bits per heavy atom. The molecular formula is C10H6BrI. The average molecular weight is 333 g/mol. The second kappa shape index (κ2) is 3.34. The second-order valence-corrected chi connectivity index (χ2v) is 4.71. The van der Waals surface area contributed by atoms with Crippen molar-refractivity contribution in [3.8, 4) is 0 Å². The fraction of sp³-hybridized carbons (Fsp3) is 0. The maximum atomic E-state index is 3.54. The summed E-state index contributed by atoms with van der Waals surface area (Å²) in [5.74, 6) is 0. The third kappa shape index (κ3) is 1.50. The van der Waals surface area contributed by atoms with Gasteiger partial charge >= 0.3 is 0 Å². The molecule has 0 aliphatic carbocycles. The Morgan fingerprint density at radius 3 is 2.67 bits per heavy atom. The Bertz CT molecular complexity index is 423. The van der Waals surface area contributed by atoms with E-state index in [0.717, 1.165) is 0 Å². The molecule has 2 aromatic carbocycles. The van der Waals surface area contributed by atoms with Crippen LogP contribution in [0.2, 0.25) is 0 Å². The highest BCUT2D eigenvalue weighted by atomic mass is 127. The van der Waals surface area contributed by atoms with Crippen molar-refractivity contribution in [2.45, 2.75) is 0 Å². The molecule has 2 rings (SSSR count). The van der Waals surface area contributed by atoms with Crippen molar-refractivity contribution in [1.29, 1.82) is 0 Å². The van der Waals surface area contributed by atoms with Gasteiger partial charge in [-0.1, -0.05) is 40.2 Å². The first kappa shape index (κ1) is 8.51. The van der Waals surface area contributed by atoms with Gasteiger partial charge in [0.05, 0.1) is 0 Å². The summed E-state index contributed by atoms with van der Waals surface area (Å²) < 4.78 is 2.43. The lowest BCUT2D eigenvalue weighted by Gasteiger charge is -2.00. The number of fused-ring (bicyclic) bond motifs is 1. The van der Waals surface area contributed by atoms with Gasteiger partial charge in [0, 0.05) is 8.04 Å². The van der Waals surface area contributed by atoms with E-state index in [1.807, 2.05) is 0 Å². The minimum absolute atomic E-state index is 1.17. The first-order chi connectivity index (χ1) is 5.77. The first-order valence-electron chi connectivity index (χ1n) is 3.61. The van der Waals surface area contributed by atoms with Gasteiger partial charge in [-0.15, -0.1) is 0 Å². The quantitative estimate of drug-likeness (QED) is 0.634. The maximum Gasteiger partial charge on any atom is 0.0264 e. The van der Waals surface area contributed by atoms with Gasteiger partial charge in [0.15, 0.2) is 0 Å². The molecule has 0 heterocycles. The number of hydrogen-bond donors (Lipinski definition) is 0. The molecule has 0 nitrogen and oxygen atoms in total. The number of hydrogen-bond acceptors (Lipinski definition) is 0. The molecule has 0 radical (unpaired) electrons. The van der Waals surface area contributed by atoms with Crippen molar-refractivity contribution in [2.24, 2.45) is 0 Å². The topological polar surface area (TPSA) is 0 Å². The lowest BCUT2D eigenvalue weighted by Crippen LogP contribution is -1.76. The van der Waals surface area contributed by atoms with Crippen LogP contribution in [0.1, 0.15) is 0 Å². The molecule has 0 fully saturated rings. The van der Waals surface area contributed by atoms with Gasteiger partial charge in [-0.25, -0.2) is 0 Å². The van der Waals surface area contributed by atoms with Crippen LogP contribution in [0.5, 0.6) is 0 Å². The van der Waals surface area contributed by atoms with E-state index in [9.17, 15) is 0 Å². The number of benzene rings is 2. The molecule has 0 spiro atoms. The Hall–Kier alpha value is -0.0900. The first-order valence-corrected chi connectivity index (χ1v) is 5.48. The third-order valence-electron chi connectivity index (χ3n) is 1.78. The molecule has 2 aromatic rings. The standard InChI is InChI=1S/C10H6BrI/c11-10-6-8(12)5-7-3-1-2-4-9(7)10/h1-6H. The molecule has 0 saturated carbocycles. The summed E-state index contributed by atoms with van der Waals surface area (Å²) in [4.78, 5) is 0. The smallest absolute Gasteiger partial charge is 0.0264 e. The van der Waals surface area contributed by atoms with Crippen molar-refractivity contribution in [2.75, 3.05) is 0 Å². The predicted molar refractivity (Wildman–Crippen MR) is 64.4 cm³/mol. The Balaban J connectivity index is 2.89. The molecule has 0 aromatic heterocycles. The highest BCUT2D eigenvalue weighted by molar-refractivity contribution is 14.1. The fourth-order valence-electron chi connectivity index (χ4n) is 1.23. The maximum absolute atomic E-state index is 3.54. The van der Waals surface area contributed by atoms with Gasteiger partial charge < -0.3 is 0 Å². The molecule has 12 heavy (non-hydrogen) atoms. The minimum atomic E-state index is 1.17. The van der Waals surface area contributed by atoms with Gasteiger partial charge in [-0.05, 0) is 45.5 Å². The zero-order valence-corrected chi connectivity index (χ0v) is 9.96. The van der Waals surface area contributed by atoms with Crippen molar-refractivity contribution in [3.05, 3.63) is 44.4 Å². The Kier molecular flexibility index (Phi) is 2.37. The van der Waals surface area contributed by atoms with E-state index in [2.05, 4.69) is 74.9 Å². The molecule has 0 aliphatic heterocycles. The second-order valence-electron chi connectivity index (χ2n) is 2.61. The van der Waals surface area contributed by atoms with Crippen molar-refractivity contribution in [1.82, 2.24) is 0 Å². The van der Waals surface area contributed by atoms with Crippen molar-refractivity contribution in [3.63, 3.8) is 0 Å². The van der Waals surface area contributed by atoms with Gasteiger partial charge in [-0.2, -0.15) is 0 Å². The van der Waals surface area contributed by atoms with Gasteiger partial charge in [0.2, 0.25) is 0 Å². The van der Waals surface area contributed by atoms with E-state index < -0.39 is 0 Å². The van der Waals surface area contributed by atoms with E-state index in [1.165, 1.54) is 18.8 Å². The van der Waals surface area contributed by atoms with E-state index in [1.54, 1.807) is 0 Å². The van der Waals surface area contributed by atoms with Crippen LogP contribution in [0.3, 0.4) is 0 Å². The molecule has 60 valence electrons. The van der Waals surface area contributed by atoms with Crippen molar-refractivity contribution < 1.29 is 0 Å². The van der Waals surface area contributed by atoms with E-state index in [4.69, 9.17) is 0 Å². The molecule has 0 unspecified atom stereocenters. The molecule has 0 amide bonds. The van der Waals surface area contributed by atoms with Crippen LogP contribution in [0.4, 0.5) is 0 Å². The molecule has 0 N–H and O–H groups in total. The molecule has 2 heteroatoms. The largest absolute Gasteiger partial charge is 0.0616 e. The van der Waals surface area contributed by atoms with E-state index >= 15 is 0 Å². The van der Waals surface area contributed by atoms with Crippen molar-refractivity contribution >= 4 is 49.3 Å². The molecule has 0 atom stereocenters. The third-order valence-corrected chi connectivity index (χ3v) is 3.05.